The molecule has 1 aromatic carbocycles. The molecule has 1 saturated heterocycles. The Morgan fingerprint density at radius 2 is 2.16 bits per heavy atom. The van der Waals surface area contributed by atoms with E-state index >= 15 is 0 Å². The van der Waals surface area contributed by atoms with Gasteiger partial charge >= 0.3 is 0 Å². The van der Waals surface area contributed by atoms with E-state index in [1.54, 1.807) is 0 Å². The molecule has 2 aliphatic heterocycles. The minimum absolute atomic E-state index is 0.450. The van der Waals surface area contributed by atoms with Crippen LogP contribution >= 0.6 is 0 Å². The van der Waals surface area contributed by atoms with Crippen LogP contribution in [0.3, 0.4) is 0 Å². The van der Waals surface area contributed by atoms with Gasteiger partial charge in [-0.2, -0.15) is 0 Å². The fourth-order valence-corrected chi connectivity index (χ4v) is 3.47. The second-order valence-corrected chi connectivity index (χ2v) is 7.21. The Kier molecular flexibility index (Phi) is 3.30. The third kappa shape index (κ3) is 2.64. The van der Waals surface area contributed by atoms with Crippen molar-refractivity contribution < 1.29 is 0 Å². The summed E-state index contributed by atoms with van der Waals surface area (Å²) in [6, 6.07) is 6.78. The minimum Gasteiger partial charge on any atom is -0.384 e. The molecule has 0 aromatic heterocycles. The van der Waals surface area contributed by atoms with Crippen LogP contribution in [0.2, 0.25) is 0 Å². The lowest BCUT2D eigenvalue weighted by Crippen LogP contribution is -2.26. The molecule has 1 atom stereocenters. The summed E-state index contributed by atoms with van der Waals surface area (Å²) in [4.78, 5) is 2.63. The van der Waals surface area contributed by atoms with Crippen molar-refractivity contribution in [3.8, 4) is 0 Å². The van der Waals surface area contributed by atoms with Gasteiger partial charge in [0.2, 0.25) is 0 Å². The quantitative estimate of drug-likeness (QED) is 0.873. The highest BCUT2D eigenvalue weighted by atomic mass is 15.1. The highest BCUT2D eigenvalue weighted by Crippen LogP contribution is 2.35. The van der Waals surface area contributed by atoms with E-state index in [-0.39, 0.29) is 0 Å². The maximum atomic E-state index is 3.56. The van der Waals surface area contributed by atoms with Gasteiger partial charge in [0.1, 0.15) is 0 Å². The van der Waals surface area contributed by atoms with Crippen molar-refractivity contribution in [2.75, 3.05) is 25.0 Å². The van der Waals surface area contributed by atoms with Crippen LogP contribution in [-0.2, 0) is 13.0 Å². The van der Waals surface area contributed by atoms with Crippen LogP contribution in [-0.4, -0.2) is 24.5 Å². The molecule has 1 unspecified atom stereocenters. The van der Waals surface area contributed by atoms with Crippen molar-refractivity contribution in [1.82, 2.24) is 4.90 Å². The minimum atomic E-state index is 0.450. The summed E-state index contributed by atoms with van der Waals surface area (Å²) >= 11 is 0. The van der Waals surface area contributed by atoms with Gasteiger partial charge in [-0.25, -0.2) is 0 Å². The number of hydrogen-bond acceptors (Lipinski definition) is 2. The molecule has 0 aliphatic carbocycles. The maximum absolute atomic E-state index is 3.56. The molecule has 3 rings (SSSR count). The first-order valence-electron chi connectivity index (χ1n) is 7.61. The van der Waals surface area contributed by atoms with E-state index in [0.29, 0.717) is 5.41 Å². The first-order chi connectivity index (χ1) is 9.04. The Balaban J connectivity index is 1.69. The molecule has 104 valence electrons. The van der Waals surface area contributed by atoms with Crippen LogP contribution in [0.1, 0.15) is 38.3 Å². The molecule has 1 aromatic rings. The largest absolute Gasteiger partial charge is 0.384 e. The molecule has 0 spiro atoms. The molecule has 1 N–H and O–H groups in total. The van der Waals surface area contributed by atoms with Crippen LogP contribution in [0.25, 0.3) is 0 Å². The SMILES string of the molecule is CC(C)(C)C1CCN(Cc2cccc3c2NCC3)C1. The van der Waals surface area contributed by atoms with Gasteiger partial charge in [0.15, 0.2) is 0 Å². The van der Waals surface area contributed by atoms with Gasteiger partial charge in [-0.15, -0.1) is 0 Å². The highest BCUT2D eigenvalue weighted by Gasteiger charge is 2.32. The van der Waals surface area contributed by atoms with E-state index in [1.165, 1.54) is 42.7 Å². The van der Waals surface area contributed by atoms with Crippen LogP contribution in [0.15, 0.2) is 18.2 Å². The topological polar surface area (TPSA) is 15.3 Å². The third-order valence-electron chi connectivity index (χ3n) is 4.82. The van der Waals surface area contributed by atoms with Crippen molar-refractivity contribution in [1.29, 1.82) is 0 Å². The Bertz CT molecular complexity index is 459. The summed E-state index contributed by atoms with van der Waals surface area (Å²) in [7, 11) is 0. The van der Waals surface area contributed by atoms with Gasteiger partial charge in [-0.3, -0.25) is 4.90 Å². The second-order valence-electron chi connectivity index (χ2n) is 7.21. The number of anilines is 1. The van der Waals surface area contributed by atoms with Gasteiger partial charge in [-0.1, -0.05) is 39.0 Å². The predicted molar refractivity (Wildman–Crippen MR) is 81.5 cm³/mol. The number of nitrogens with one attached hydrogen (secondary N) is 1. The van der Waals surface area contributed by atoms with Gasteiger partial charge in [0, 0.05) is 25.3 Å². The molecule has 0 amide bonds. The predicted octanol–water partition coefficient (Wildman–Crippen LogP) is 3.52. The lowest BCUT2D eigenvalue weighted by atomic mass is 9.80. The first kappa shape index (κ1) is 13.0. The molecule has 2 heteroatoms. The van der Waals surface area contributed by atoms with Crippen molar-refractivity contribution in [3.05, 3.63) is 29.3 Å². The van der Waals surface area contributed by atoms with E-state index in [9.17, 15) is 0 Å². The van der Waals surface area contributed by atoms with Gasteiger partial charge < -0.3 is 5.32 Å². The summed E-state index contributed by atoms with van der Waals surface area (Å²) in [6.07, 6.45) is 2.54. The van der Waals surface area contributed by atoms with E-state index in [2.05, 4.69) is 49.2 Å². The van der Waals surface area contributed by atoms with Crippen molar-refractivity contribution >= 4 is 5.69 Å². The fourth-order valence-electron chi connectivity index (χ4n) is 3.47. The number of benzene rings is 1. The highest BCUT2D eigenvalue weighted by molar-refractivity contribution is 5.61. The monoisotopic (exact) mass is 258 g/mol. The molecule has 1 fully saturated rings. The Morgan fingerprint density at radius 3 is 2.89 bits per heavy atom. The molecule has 2 heterocycles. The zero-order valence-electron chi connectivity index (χ0n) is 12.5. The Hall–Kier alpha value is -1.02. The molecule has 0 bridgehead atoms. The normalized spacial score (nSPS) is 23.4. The average molecular weight is 258 g/mol. The summed E-state index contributed by atoms with van der Waals surface area (Å²) in [6.45, 7) is 11.9. The van der Waals surface area contributed by atoms with Gasteiger partial charge in [0.05, 0.1) is 0 Å². The average Bonchev–Trinajstić information content (AvgIpc) is 2.96. The maximum Gasteiger partial charge on any atom is 0.0419 e. The summed E-state index contributed by atoms with van der Waals surface area (Å²) in [5, 5.41) is 3.56. The number of likely N-dealkylation sites (tertiary alicyclic amines) is 1. The molecule has 19 heavy (non-hydrogen) atoms. The second kappa shape index (κ2) is 4.82. The van der Waals surface area contributed by atoms with E-state index < -0.39 is 0 Å². The number of hydrogen-bond donors (Lipinski definition) is 1. The Labute approximate surface area is 117 Å². The van der Waals surface area contributed by atoms with Crippen LogP contribution in [0, 0.1) is 11.3 Å². The lowest BCUT2D eigenvalue weighted by molar-refractivity contribution is 0.226. The van der Waals surface area contributed by atoms with Crippen LogP contribution < -0.4 is 5.32 Å². The zero-order valence-corrected chi connectivity index (χ0v) is 12.5. The molecular formula is C17H26N2. The number of fused-ring (bicyclic) bond motifs is 1. The standard InChI is InChI=1S/C17H26N2/c1-17(2,3)15-8-10-19(12-15)11-14-6-4-5-13-7-9-18-16(13)14/h4-6,15,18H,7-12H2,1-3H3. The summed E-state index contributed by atoms with van der Waals surface area (Å²) in [5.74, 6) is 0.845. The molecule has 0 radical (unpaired) electrons. The number of nitrogens with zero attached hydrogens (tertiary/aromatic N) is 1. The first-order valence-corrected chi connectivity index (χ1v) is 7.61. The van der Waals surface area contributed by atoms with Crippen molar-refractivity contribution in [3.63, 3.8) is 0 Å². The van der Waals surface area contributed by atoms with Crippen LogP contribution in [0.4, 0.5) is 5.69 Å². The van der Waals surface area contributed by atoms with Crippen molar-refractivity contribution in [2.24, 2.45) is 11.3 Å². The van der Waals surface area contributed by atoms with Crippen molar-refractivity contribution in [2.45, 2.75) is 40.2 Å². The number of rotatable bonds is 2. The lowest BCUT2D eigenvalue weighted by Gasteiger charge is -2.27. The smallest absolute Gasteiger partial charge is 0.0419 e. The zero-order chi connectivity index (χ0) is 13.5. The molecule has 2 aliphatic rings. The fraction of sp³-hybridized carbons (Fsp3) is 0.647. The third-order valence-corrected chi connectivity index (χ3v) is 4.82. The summed E-state index contributed by atoms with van der Waals surface area (Å²) < 4.78 is 0. The van der Waals surface area contributed by atoms with E-state index in [1.807, 2.05) is 0 Å². The van der Waals surface area contributed by atoms with E-state index in [4.69, 9.17) is 0 Å². The molecular weight excluding hydrogens is 232 g/mol. The summed E-state index contributed by atoms with van der Waals surface area (Å²) in [5.41, 5.74) is 4.86. The Morgan fingerprint density at radius 1 is 1.32 bits per heavy atom. The van der Waals surface area contributed by atoms with E-state index in [0.717, 1.165) is 19.0 Å². The number of para-hydroxylation sites is 1. The van der Waals surface area contributed by atoms with Crippen LogP contribution in [0.5, 0.6) is 0 Å². The van der Waals surface area contributed by atoms with Gasteiger partial charge in [0.25, 0.3) is 0 Å². The molecule has 2 nitrogen and oxygen atoms in total. The molecule has 0 saturated carbocycles. The van der Waals surface area contributed by atoms with Gasteiger partial charge in [-0.05, 0) is 41.8 Å².